The molecule has 2 aliphatic heterocycles. The molecule has 0 radical (unpaired) electrons. The first-order valence-corrected chi connectivity index (χ1v) is 9.51. The number of nitrogens with zero attached hydrogens (tertiary/aromatic N) is 4. The molecule has 2 atom stereocenters. The summed E-state index contributed by atoms with van der Waals surface area (Å²) in [4.78, 5) is 14.7. The third-order valence-electron chi connectivity index (χ3n) is 5.28. The number of hydrogen-bond acceptors (Lipinski definition) is 4. The highest BCUT2D eigenvalue weighted by Crippen LogP contribution is 2.33. The van der Waals surface area contributed by atoms with Gasteiger partial charge in [0.25, 0.3) is 0 Å². The molecule has 1 aromatic carbocycles. The molecule has 0 bridgehead atoms. The average Bonchev–Trinajstić information content (AvgIpc) is 3.09. The van der Waals surface area contributed by atoms with E-state index in [-0.39, 0.29) is 23.6 Å². The van der Waals surface area contributed by atoms with Crippen LogP contribution in [-0.2, 0) is 6.54 Å². The van der Waals surface area contributed by atoms with Gasteiger partial charge >= 0.3 is 6.03 Å². The van der Waals surface area contributed by atoms with Gasteiger partial charge in [-0.3, -0.25) is 4.68 Å². The van der Waals surface area contributed by atoms with Gasteiger partial charge in [-0.1, -0.05) is 17.3 Å². The summed E-state index contributed by atoms with van der Waals surface area (Å²) in [6.45, 7) is 2.64. The number of halogens is 1. The molecule has 2 unspecified atom stereocenters. The van der Waals surface area contributed by atoms with Gasteiger partial charge in [0.05, 0.1) is 18.8 Å². The lowest BCUT2D eigenvalue weighted by molar-refractivity contribution is 0.154. The zero-order valence-corrected chi connectivity index (χ0v) is 15.2. The highest BCUT2D eigenvalue weighted by atomic mass is 19.1. The molecule has 7 nitrogen and oxygen atoms in total. The van der Waals surface area contributed by atoms with Crippen molar-refractivity contribution in [2.24, 2.45) is 5.92 Å². The summed E-state index contributed by atoms with van der Waals surface area (Å²) in [5.41, 5.74) is 0.719. The van der Waals surface area contributed by atoms with Crippen molar-refractivity contribution < 1.29 is 13.9 Å². The summed E-state index contributed by atoms with van der Waals surface area (Å²) in [7, 11) is 0. The Morgan fingerprint density at radius 2 is 2.26 bits per heavy atom. The first-order valence-electron chi connectivity index (χ1n) is 9.51. The number of aromatic nitrogens is 3. The molecule has 1 fully saturated rings. The number of rotatable bonds is 3. The van der Waals surface area contributed by atoms with Crippen molar-refractivity contribution in [2.75, 3.05) is 19.7 Å². The fourth-order valence-electron chi connectivity index (χ4n) is 3.95. The standard InChI is InChI=1S/C19H24FN5O2/c20-16-6-1-5-15-17(7-3-11-27-18(15)16)22-19(26)24-9-2-4-14(12-24)13-25-10-8-21-23-25/h1,5-6,8,10,14,17H,2-4,7,9,11-13H2,(H,22,26). The van der Waals surface area contributed by atoms with E-state index >= 15 is 0 Å². The maximum atomic E-state index is 14.1. The van der Waals surface area contributed by atoms with E-state index in [2.05, 4.69) is 15.6 Å². The molecule has 8 heteroatoms. The Morgan fingerprint density at radius 3 is 3.11 bits per heavy atom. The summed E-state index contributed by atoms with van der Waals surface area (Å²) < 4.78 is 21.5. The third-order valence-corrected chi connectivity index (χ3v) is 5.28. The van der Waals surface area contributed by atoms with E-state index in [9.17, 15) is 9.18 Å². The number of hydrogen-bond donors (Lipinski definition) is 1. The van der Waals surface area contributed by atoms with Gasteiger partial charge in [0, 0.05) is 31.4 Å². The fourth-order valence-corrected chi connectivity index (χ4v) is 3.95. The number of carbonyl (C=O) groups excluding carboxylic acids is 1. The first-order chi connectivity index (χ1) is 13.2. The minimum Gasteiger partial charge on any atom is -0.490 e. The van der Waals surface area contributed by atoms with Crippen molar-refractivity contribution in [1.82, 2.24) is 25.2 Å². The number of nitrogens with one attached hydrogen (secondary N) is 1. The Bertz CT molecular complexity index is 782. The molecule has 1 N–H and O–H groups in total. The van der Waals surface area contributed by atoms with Crippen molar-refractivity contribution >= 4 is 6.03 Å². The summed E-state index contributed by atoms with van der Waals surface area (Å²) in [6, 6.07) is 4.56. The lowest BCUT2D eigenvalue weighted by atomic mass is 9.98. The summed E-state index contributed by atoms with van der Waals surface area (Å²) in [5, 5.41) is 10.9. The molecule has 4 rings (SSSR count). The summed E-state index contributed by atoms with van der Waals surface area (Å²) in [5.74, 6) is 0.246. The Labute approximate surface area is 157 Å². The number of benzene rings is 1. The van der Waals surface area contributed by atoms with E-state index in [1.807, 2.05) is 21.8 Å². The molecule has 2 amide bonds. The summed E-state index contributed by atoms with van der Waals surface area (Å²) >= 11 is 0. The number of para-hydroxylation sites is 1. The number of likely N-dealkylation sites (tertiary alicyclic amines) is 1. The lowest BCUT2D eigenvalue weighted by Crippen LogP contribution is -2.47. The van der Waals surface area contributed by atoms with Gasteiger partial charge in [0.1, 0.15) is 0 Å². The molecule has 2 aliphatic rings. The van der Waals surface area contributed by atoms with Crippen molar-refractivity contribution in [3.05, 3.63) is 42.0 Å². The number of urea groups is 1. The maximum absolute atomic E-state index is 14.1. The second-order valence-corrected chi connectivity index (χ2v) is 7.23. The highest BCUT2D eigenvalue weighted by molar-refractivity contribution is 5.75. The molecular formula is C19H24FN5O2. The fraction of sp³-hybridized carbons (Fsp3) is 0.526. The van der Waals surface area contributed by atoms with Gasteiger partial charge in [-0.05, 0) is 37.7 Å². The van der Waals surface area contributed by atoms with E-state index in [0.717, 1.165) is 44.3 Å². The minimum absolute atomic E-state index is 0.0969. The van der Waals surface area contributed by atoms with Gasteiger partial charge in [-0.2, -0.15) is 0 Å². The molecule has 27 heavy (non-hydrogen) atoms. The number of ether oxygens (including phenoxy) is 1. The quantitative estimate of drug-likeness (QED) is 0.898. The monoisotopic (exact) mass is 373 g/mol. The van der Waals surface area contributed by atoms with Crippen LogP contribution in [0.25, 0.3) is 0 Å². The van der Waals surface area contributed by atoms with Crippen LogP contribution in [-0.4, -0.2) is 45.6 Å². The van der Waals surface area contributed by atoms with Gasteiger partial charge in [0.2, 0.25) is 0 Å². The Balaban J connectivity index is 1.42. The molecule has 3 heterocycles. The second-order valence-electron chi connectivity index (χ2n) is 7.23. The van der Waals surface area contributed by atoms with Crippen LogP contribution < -0.4 is 10.1 Å². The Morgan fingerprint density at radius 1 is 1.33 bits per heavy atom. The number of fused-ring (bicyclic) bond motifs is 1. The van der Waals surface area contributed by atoms with Gasteiger partial charge in [-0.15, -0.1) is 5.10 Å². The highest BCUT2D eigenvalue weighted by Gasteiger charge is 2.28. The first kappa shape index (κ1) is 17.8. The molecule has 0 spiro atoms. The van der Waals surface area contributed by atoms with Crippen LogP contribution in [0.1, 0.15) is 37.3 Å². The SMILES string of the molecule is O=C(NC1CCCOc2c(F)cccc21)N1CCCC(Cn2ccnn2)C1. The van der Waals surface area contributed by atoms with Crippen LogP contribution in [0.3, 0.4) is 0 Å². The Kier molecular flexibility index (Phi) is 5.22. The van der Waals surface area contributed by atoms with Crippen LogP contribution in [0.4, 0.5) is 9.18 Å². The van der Waals surface area contributed by atoms with Gasteiger partial charge in [0.15, 0.2) is 11.6 Å². The normalized spacial score (nSPS) is 22.5. The van der Waals surface area contributed by atoms with E-state index < -0.39 is 0 Å². The second kappa shape index (κ2) is 7.94. The van der Waals surface area contributed by atoms with Crippen LogP contribution in [0.5, 0.6) is 5.75 Å². The zero-order valence-electron chi connectivity index (χ0n) is 15.2. The summed E-state index contributed by atoms with van der Waals surface area (Å²) in [6.07, 6.45) is 7.04. The van der Waals surface area contributed by atoms with Crippen molar-refractivity contribution in [2.45, 2.75) is 38.3 Å². The minimum atomic E-state index is -0.375. The van der Waals surface area contributed by atoms with E-state index in [4.69, 9.17) is 4.74 Å². The van der Waals surface area contributed by atoms with E-state index in [0.29, 0.717) is 19.1 Å². The molecule has 1 saturated heterocycles. The zero-order chi connectivity index (χ0) is 18.6. The van der Waals surface area contributed by atoms with Crippen LogP contribution in [0.2, 0.25) is 0 Å². The Hall–Kier alpha value is -2.64. The molecular weight excluding hydrogens is 349 g/mol. The van der Waals surface area contributed by atoms with Crippen LogP contribution >= 0.6 is 0 Å². The van der Waals surface area contributed by atoms with Crippen LogP contribution in [0, 0.1) is 11.7 Å². The van der Waals surface area contributed by atoms with E-state index in [1.165, 1.54) is 6.07 Å². The lowest BCUT2D eigenvalue weighted by Gasteiger charge is -2.34. The van der Waals surface area contributed by atoms with Crippen molar-refractivity contribution in [3.63, 3.8) is 0 Å². The predicted octanol–water partition coefficient (Wildman–Crippen LogP) is 2.75. The predicted molar refractivity (Wildman–Crippen MR) is 96.7 cm³/mol. The molecule has 0 saturated carbocycles. The number of carbonyl (C=O) groups is 1. The van der Waals surface area contributed by atoms with Gasteiger partial charge in [-0.25, -0.2) is 9.18 Å². The molecule has 2 aromatic rings. The molecule has 1 aromatic heterocycles. The van der Waals surface area contributed by atoms with Gasteiger partial charge < -0.3 is 15.0 Å². The number of piperidine rings is 1. The number of amides is 2. The molecule has 0 aliphatic carbocycles. The smallest absolute Gasteiger partial charge is 0.317 e. The average molecular weight is 373 g/mol. The largest absolute Gasteiger partial charge is 0.490 e. The molecule has 144 valence electrons. The van der Waals surface area contributed by atoms with E-state index in [1.54, 1.807) is 12.3 Å². The van der Waals surface area contributed by atoms with Crippen molar-refractivity contribution in [3.8, 4) is 5.75 Å². The topological polar surface area (TPSA) is 72.3 Å². The maximum Gasteiger partial charge on any atom is 0.317 e. The third kappa shape index (κ3) is 4.04. The van der Waals surface area contributed by atoms with Crippen molar-refractivity contribution in [1.29, 1.82) is 0 Å². The van der Waals surface area contributed by atoms with Crippen LogP contribution in [0.15, 0.2) is 30.6 Å².